The van der Waals surface area contributed by atoms with Crippen LogP contribution in [-0.4, -0.2) is 23.7 Å². The molecule has 1 aromatic rings. The van der Waals surface area contributed by atoms with Gasteiger partial charge in [-0.05, 0) is 25.8 Å². The third-order valence-electron chi connectivity index (χ3n) is 2.81. The number of nitrogen functional groups attached to an aromatic ring is 1. The number of hydrogen-bond donors (Lipinski definition) is 2. The Bertz CT molecular complexity index is 419. The molecule has 3 N–H and O–H groups in total. The fourth-order valence-corrected chi connectivity index (χ4v) is 2.29. The van der Waals surface area contributed by atoms with Gasteiger partial charge in [-0.3, -0.25) is 0 Å². The van der Waals surface area contributed by atoms with Crippen LogP contribution in [0.4, 0.5) is 11.6 Å². The van der Waals surface area contributed by atoms with Crippen LogP contribution in [0.5, 0.6) is 0 Å². The van der Waals surface area contributed by atoms with Gasteiger partial charge in [-0.15, -0.1) is 0 Å². The van der Waals surface area contributed by atoms with Crippen LogP contribution in [0.3, 0.4) is 0 Å². The lowest BCUT2D eigenvalue weighted by molar-refractivity contribution is 0.0539. The van der Waals surface area contributed by atoms with Gasteiger partial charge >= 0.3 is 0 Å². The highest BCUT2D eigenvalue weighted by Gasteiger charge is 2.28. The maximum atomic E-state index is 6.08. The molecule has 0 aromatic carbocycles. The van der Waals surface area contributed by atoms with Crippen molar-refractivity contribution in [1.82, 2.24) is 4.98 Å². The first-order valence-electron chi connectivity index (χ1n) is 5.48. The highest BCUT2D eigenvalue weighted by atomic mass is 35.5. The maximum Gasteiger partial charge on any atom is 0.147 e. The summed E-state index contributed by atoms with van der Waals surface area (Å²) in [5, 5.41) is 4.12. The second kappa shape index (κ2) is 4.88. The van der Waals surface area contributed by atoms with Crippen LogP contribution >= 0.6 is 23.2 Å². The standard InChI is InChI=1S/C11H15Cl2N3O/c1-11(3-2-4-17-6-11)16-10-8(13)5-7(12)9(14)15-10/h5H,2-4,6H2,1H3,(H3,14,15,16). The van der Waals surface area contributed by atoms with Crippen molar-refractivity contribution < 1.29 is 4.74 Å². The van der Waals surface area contributed by atoms with Crippen molar-refractivity contribution in [3.05, 3.63) is 16.1 Å². The van der Waals surface area contributed by atoms with E-state index in [0.717, 1.165) is 19.4 Å². The zero-order chi connectivity index (χ0) is 12.5. The molecule has 4 nitrogen and oxygen atoms in total. The molecule has 0 radical (unpaired) electrons. The number of rotatable bonds is 2. The van der Waals surface area contributed by atoms with E-state index < -0.39 is 0 Å². The van der Waals surface area contributed by atoms with E-state index in [0.29, 0.717) is 22.5 Å². The van der Waals surface area contributed by atoms with Gasteiger partial charge in [-0.2, -0.15) is 0 Å². The van der Waals surface area contributed by atoms with E-state index in [9.17, 15) is 0 Å². The topological polar surface area (TPSA) is 60.2 Å². The highest BCUT2D eigenvalue weighted by molar-refractivity contribution is 6.37. The van der Waals surface area contributed by atoms with Gasteiger partial charge in [0.1, 0.15) is 11.6 Å². The lowest BCUT2D eigenvalue weighted by Gasteiger charge is -2.35. The van der Waals surface area contributed by atoms with Crippen LogP contribution in [0.1, 0.15) is 19.8 Å². The van der Waals surface area contributed by atoms with Crippen molar-refractivity contribution in [2.45, 2.75) is 25.3 Å². The Morgan fingerprint density at radius 1 is 1.47 bits per heavy atom. The van der Waals surface area contributed by atoms with Gasteiger partial charge in [0.05, 0.1) is 22.2 Å². The molecule has 0 spiro atoms. The molecule has 1 aliphatic heterocycles. The summed E-state index contributed by atoms with van der Waals surface area (Å²) in [6.07, 6.45) is 2.03. The molecule has 17 heavy (non-hydrogen) atoms. The van der Waals surface area contributed by atoms with Crippen molar-refractivity contribution in [3.8, 4) is 0 Å². The first-order valence-corrected chi connectivity index (χ1v) is 6.23. The molecule has 0 bridgehead atoms. The van der Waals surface area contributed by atoms with E-state index in [4.69, 9.17) is 33.7 Å². The molecule has 0 aliphatic carbocycles. The van der Waals surface area contributed by atoms with Crippen molar-refractivity contribution in [1.29, 1.82) is 0 Å². The predicted octanol–water partition coefficient (Wildman–Crippen LogP) is 2.95. The average molecular weight is 276 g/mol. The number of anilines is 2. The quantitative estimate of drug-likeness (QED) is 0.871. The Morgan fingerprint density at radius 3 is 2.88 bits per heavy atom. The molecule has 1 unspecified atom stereocenters. The third kappa shape index (κ3) is 2.94. The Hall–Kier alpha value is -0.710. The summed E-state index contributed by atoms with van der Waals surface area (Å²) in [4.78, 5) is 4.16. The van der Waals surface area contributed by atoms with Gasteiger partial charge in [-0.25, -0.2) is 4.98 Å². The molecular weight excluding hydrogens is 261 g/mol. The molecule has 1 atom stereocenters. The van der Waals surface area contributed by atoms with Crippen molar-refractivity contribution in [2.75, 3.05) is 24.3 Å². The summed E-state index contributed by atoms with van der Waals surface area (Å²) in [6.45, 7) is 3.52. The maximum absolute atomic E-state index is 6.08. The van der Waals surface area contributed by atoms with E-state index in [1.165, 1.54) is 0 Å². The lowest BCUT2D eigenvalue weighted by atomic mass is 9.95. The first kappa shape index (κ1) is 12.7. The van der Waals surface area contributed by atoms with Crippen LogP contribution in [0, 0.1) is 0 Å². The molecule has 1 aromatic heterocycles. The molecule has 1 saturated heterocycles. The molecule has 0 amide bonds. The zero-order valence-corrected chi connectivity index (χ0v) is 11.1. The largest absolute Gasteiger partial charge is 0.382 e. The summed E-state index contributed by atoms with van der Waals surface area (Å²) in [5.74, 6) is 0.834. The van der Waals surface area contributed by atoms with Crippen LogP contribution in [0.15, 0.2) is 6.07 Å². The number of nitrogens with one attached hydrogen (secondary N) is 1. The molecule has 1 fully saturated rings. The minimum atomic E-state index is -0.158. The predicted molar refractivity (Wildman–Crippen MR) is 70.8 cm³/mol. The van der Waals surface area contributed by atoms with E-state index >= 15 is 0 Å². The average Bonchev–Trinajstić information content (AvgIpc) is 2.26. The molecule has 0 saturated carbocycles. The van der Waals surface area contributed by atoms with E-state index in [2.05, 4.69) is 17.2 Å². The summed E-state index contributed by atoms with van der Waals surface area (Å²) < 4.78 is 5.46. The van der Waals surface area contributed by atoms with E-state index in [-0.39, 0.29) is 11.4 Å². The number of halogens is 2. The van der Waals surface area contributed by atoms with E-state index in [1.54, 1.807) is 6.07 Å². The Morgan fingerprint density at radius 2 is 2.24 bits per heavy atom. The van der Waals surface area contributed by atoms with Crippen molar-refractivity contribution in [3.63, 3.8) is 0 Å². The Balaban J connectivity index is 2.20. The fraction of sp³-hybridized carbons (Fsp3) is 0.545. The summed E-state index contributed by atoms with van der Waals surface area (Å²) in [6, 6.07) is 1.60. The first-order chi connectivity index (χ1) is 8.00. The van der Waals surface area contributed by atoms with Gasteiger partial charge in [-0.1, -0.05) is 23.2 Å². The van der Waals surface area contributed by atoms with Crippen LogP contribution in [0.25, 0.3) is 0 Å². The van der Waals surface area contributed by atoms with Crippen molar-refractivity contribution in [2.24, 2.45) is 0 Å². The second-order valence-corrected chi connectivity index (χ2v) is 5.34. The number of aromatic nitrogens is 1. The summed E-state index contributed by atoms with van der Waals surface area (Å²) in [5.41, 5.74) is 5.51. The summed E-state index contributed by atoms with van der Waals surface area (Å²) >= 11 is 11.9. The van der Waals surface area contributed by atoms with Gasteiger partial charge in [0.25, 0.3) is 0 Å². The van der Waals surface area contributed by atoms with Crippen LogP contribution in [-0.2, 0) is 4.74 Å². The fourth-order valence-electron chi connectivity index (χ4n) is 1.89. The van der Waals surface area contributed by atoms with E-state index in [1.807, 2.05) is 0 Å². The Labute approximate surface area is 110 Å². The Kier molecular flexibility index (Phi) is 3.66. The smallest absolute Gasteiger partial charge is 0.147 e. The SMILES string of the molecule is CC1(Nc2nc(N)c(Cl)cc2Cl)CCCOC1. The minimum Gasteiger partial charge on any atom is -0.382 e. The molecule has 2 rings (SSSR count). The summed E-state index contributed by atoms with van der Waals surface area (Å²) in [7, 11) is 0. The lowest BCUT2D eigenvalue weighted by Crippen LogP contribution is -2.43. The number of nitrogens with zero attached hydrogens (tertiary/aromatic N) is 1. The normalized spacial score (nSPS) is 24.6. The number of nitrogens with two attached hydrogens (primary N) is 1. The molecule has 94 valence electrons. The zero-order valence-electron chi connectivity index (χ0n) is 9.59. The van der Waals surface area contributed by atoms with Gasteiger partial charge in [0, 0.05) is 6.61 Å². The van der Waals surface area contributed by atoms with Crippen molar-refractivity contribution >= 4 is 34.8 Å². The third-order valence-corrected chi connectivity index (χ3v) is 3.41. The van der Waals surface area contributed by atoms with Crippen LogP contribution < -0.4 is 11.1 Å². The van der Waals surface area contributed by atoms with Gasteiger partial charge in [0.2, 0.25) is 0 Å². The molecule has 1 aliphatic rings. The van der Waals surface area contributed by atoms with Gasteiger partial charge in [0.15, 0.2) is 0 Å². The number of hydrogen-bond acceptors (Lipinski definition) is 4. The van der Waals surface area contributed by atoms with Crippen LogP contribution in [0.2, 0.25) is 10.0 Å². The number of ether oxygens (including phenoxy) is 1. The number of pyridine rings is 1. The second-order valence-electron chi connectivity index (χ2n) is 4.53. The minimum absolute atomic E-state index is 0.158. The highest BCUT2D eigenvalue weighted by Crippen LogP contribution is 2.31. The molecular formula is C11H15Cl2N3O. The molecule has 2 heterocycles. The van der Waals surface area contributed by atoms with Gasteiger partial charge < -0.3 is 15.8 Å². The monoisotopic (exact) mass is 275 g/mol. The molecule has 6 heteroatoms.